The van der Waals surface area contributed by atoms with Gasteiger partial charge in [-0.3, -0.25) is 4.79 Å². The van der Waals surface area contributed by atoms with Gasteiger partial charge in [-0.2, -0.15) is 0 Å². The van der Waals surface area contributed by atoms with Gasteiger partial charge in [0.15, 0.2) is 0 Å². The topological polar surface area (TPSA) is 55.8 Å². The van der Waals surface area contributed by atoms with Crippen molar-refractivity contribution in [2.45, 2.75) is 64.3 Å². The number of ether oxygens (including phenoxy) is 2. The molecule has 1 aliphatic heterocycles. The van der Waals surface area contributed by atoms with Crippen LogP contribution in [0.1, 0.15) is 52.4 Å². The summed E-state index contributed by atoms with van der Waals surface area (Å²) in [5.74, 6) is 0.280. The van der Waals surface area contributed by atoms with Crippen molar-refractivity contribution in [3.63, 3.8) is 0 Å². The van der Waals surface area contributed by atoms with Crippen molar-refractivity contribution in [3.05, 3.63) is 0 Å². The zero-order valence-corrected chi connectivity index (χ0v) is 11.1. The van der Waals surface area contributed by atoms with Crippen molar-refractivity contribution in [1.82, 2.24) is 0 Å². The highest BCUT2D eigenvalue weighted by Gasteiger charge is 2.47. The van der Waals surface area contributed by atoms with Gasteiger partial charge in [0.1, 0.15) is 0 Å². The summed E-state index contributed by atoms with van der Waals surface area (Å²) in [6, 6.07) is 0. The van der Waals surface area contributed by atoms with E-state index in [0.717, 1.165) is 26.4 Å². The summed E-state index contributed by atoms with van der Waals surface area (Å²) in [6.45, 7) is 3.66. The Bertz CT molecular complexity index is 246. The summed E-state index contributed by atoms with van der Waals surface area (Å²) in [4.78, 5) is 10.9. The van der Waals surface area contributed by atoms with Crippen LogP contribution in [-0.2, 0) is 14.3 Å². The molecule has 1 saturated carbocycles. The van der Waals surface area contributed by atoms with Crippen LogP contribution in [0.25, 0.3) is 0 Å². The molecule has 0 amide bonds. The van der Waals surface area contributed by atoms with Crippen molar-refractivity contribution in [3.8, 4) is 0 Å². The Kier molecular flexibility index (Phi) is 5.40. The summed E-state index contributed by atoms with van der Waals surface area (Å²) in [5, 5.41) is 7.00. The first kappa shape index (κ1) is 14.5. The van der Waals surface area contributed by atoms with Crippen molar-refractivity contribution < 1.29 is 19.4 Å². The van der Waals surface area contributed by atoms with Crippen LogP contribution in [0.5, 0.6) is 0 Å². The second-order valence-electron chi connectivity index (χ2n) is 4.92. The third kappa shape index (κ3) is 3.42. The van der Waals surface area contributed by atoms with Crippen molar-refractivity contribution in [2.24, 2.45) is 5.92 Å². The standard InChI is InChI=1S/C12H20O3.CH4O/c1-9-8-11(14-10(2)13)15-12(9)6-4-3-5-7-12;1-2/h9,11H,3-8H2,1-2H3;2H,1H3. The lowest BCUT2D eigenvalue weighted by atomic mass is 9.77. The Hall–Kier alpha value is -0.610. The molecule has 4 heteroatoms. The van der Waals surface area contributed by atoms with E-state index in [2.05, 4.69) is 6.92 Å². The Balaban J connectivity index is 0.000000686. The highest BCUT2D eigenvalue weighted by atomic mass is 16.7. The molecule has 2 unspecified atom stereocenters. The Morgan fingerprint density at radius 3 is 2.41 bits per heavy atom. The van der Waals surface area contributed by atoms with Crippen LogP contribution < -0.4 is 0 Å². The van der Waals surface area contributed by atoms with Crippen molar-refractivity contribution in [1.29, 1.82) is 0 Å². The fourth-order valence-corrected chi connectivity index (χ4v) is 2.95. The number of esters is 1. The minimum atomic E-state index is -0.296. The minimum absolute atomic E-state index is 0.0123. The quantitative estimate of drug-likeness (QED) is 0.719. The molecule has 1 saturated heterocycles. The molecule has 100 valence electrons. The van der Waals surface area contributed by atoms with Crippen LogP contribution in [0, 0.1) is 5.92 Å². The smallest absolute Gasteiger partial charge is 0.304 e. The number of hydrogen-bond donors (Lipinski definition) is 1. The molecule has 0 aromatic heterocycles. The Morgan fingerprint density at radius 1 is 1.29 bits per heavy atom. The van der Waals surface area contributed by atoms with Crippen LogP contribution in [0.3, 0.4) is 0 Å². The van der Waals surface area contributed by atoms with Crippen LogP contribution in [0.4, 0.5) is 0 Å². The van der Waals surface area contributed by atoms with Crippen LogP contribution in [0.15, 0.2) is 0 Å². The normalized spacial score (nSPS) is 30.6. The second-order valence-corrected chi connectivity index (χ2v) is 4.92. The predicted molar refractivity (Wildman–Crippen MR) is 64.4 cm³/mol. The average molecular weight is 244 g/mol. The maximum Gasteiger partial charge on any atom is 0.304 e. The third-order valence-corrected chi connectivity index (χ3v) is 3.81. The Morgan fingerprint density at radius 2 is 1.88 bits per heavy atom. The molecule has 1 N–H and O–H groups in total. The van der Waals surface area contributed by atoms with Gasteiger partial charge in [-0.05, 0) is 18.8 Å². The number of carbonyl (C=O) groups is 1. The van der Waals surface area contributed by atoms with E-state index in [1.54, 1.807) is 0 Å². The molecule has 0 aromatic carbocycles. The van der Waals surface area contributed by atoms with E-state index in [1.165, 1.54) is 26.2 Å². The Labute approximate surface area is 103 Å². The number of aliphatic hydroxyl groups excluding tert-OH is 1. The summed E-state index contributed by atoms with van der Waals surface area (Å²) < 4.78 is 11.1. The van der Waals surface area contributed by atoms with Gasteiger partial charge in [0, 0.05) is 20.5 Å². The van der Waals surface area contributed by atoms with E-state index in [4.69, 9.17) is 14.6 Å². The summed E-state index contributed by atoms with van der Waals surface area (Å²) in [6.07, 6.45) is 6.64. The monoisotopic (exact) mass is 244 g/mol. The molecule has 2 atom stereocenters. The lowest BCUT2D eigenvalue weighted by Crippen LogP contribution is -2.37. The molecule has 0 radical (unpaired) electrons. The maximum absolute atomic E-state index is 10.9. The fourth-order valence-electron chi connectivity index (χ4n) is 2.95. The lowest BCUT2D eigenvalue weighted by Gasteiger charge is -2.36. The van der Waals surface area contributed by atoms with Gasteiger partial charge in [0.2, 0.25) is 6.29 Å². The molecule has 1 spiro atoms. The molecule has 2 rings (SSSR count). The molecule has 0 aromatic rings. The number of rotatable bonds is 1. The number of hydrogen-bond acceptors (Lipinski definition) is 4. The SMILES string of the molecule is CC(=O)OC1CC(C)C2(CCCCC2)O1.CO. The third-order valence-electron chi connectivity index (χ3n) is 3.81. The van der Waals surface area contributed by atoms with E-state index in [1.807, 2.05) is 0 Å². The first-order valence-electron chi connectivity index (χ1n) is 6.42. The molecule has 1 aliphatic carbocycles. The molecule has 2 aliphatic rings. The van der Waals surface area contributed by atoms with Crippen LogP contribution in [0.2, 0.25) is 0 Å². The highest BCUT2D eigenvalue weighted by molar-refractivity contribution is 5.66. The molecule has 1 heterocycles. The summed E-state index contributed by atoms with van der Waals surface area (Å²) >= 11 is 0. The van der Waals surface area contributed by atoms with Crippen molar-refractivity contribution in [2.75, 3.05) is 7.11 Å². The van der Waals surface area contributed by atoms with E-state index >= 15 is 0 Å². The summed E-state index contributed by atoms with van der Waals surface area (Å²) in [5.41, 5.74) is 0.0123. The molecule has 2 fully saturated rings. The van der Waals surface area contributed by atoms with Gasteiger partial charge in [0.05, 0.1) is 5.60 Å². The van der Waals surface area contributed by atoms with Crippen molar-refractivity contribution >= 4 is 5.97 Å². The van der Waals surface area contributed by atoms with Gasteiger partial charge < -0.3 is 14.6 Å². The van der Waals surface area contributed by atoms with Gasteiger partial charge in [-0.1, -0.05) is 26.2 Å². The molecule has 4 nitrogen and oxygen atoms in total. The van der Waals surface area contributed by atoms with Gasteiger partial charge in [0.25, 0.3) is 0 Å². The van der Waals surface area contributed by atoms with Gasteiger partial charge >= 0.3 is 5.97 Å². The van der Waals surface area contributed by atoms with E-state index < -0.39 is 0 Å². The predicted octanol–water partition coefficient (Wildman–Crippen LogP) is 2.24. The van der Waals surface area contributed by atoms with E-state index in [9.17, 15) is 4.79 Å². The minimum Gasteiger partial charge on any atom is -0.436 e. The van der Waals surface area contributed by atoms with Gasteiger partial charge in [-0.15, -0.1) is 0 Å². The van der Waals surface area contributed by atoms with Crippen LogP contribution in [-0.4, -0.2) is 30.1 Å². The largest absolute Gasteiger partial charge is 0.436 e. The van der Waals surface area contributed by atoms with Crippen LogP contribution >= 0.6 is 0 Å². The number of carbonyl (C=O) groups excluding carboxylic acids is 1. The average Bonchev–Trinajstić information content (AvgIpc) is 2.58. The zero-order valence-electron chi connectivity index (χ0n) is 11.1. The highest BCUT2D eigenvalue weighted by Crippen LogP contribution is 2.45. The molecular formula is C13H24O4. The summed E-state index contributed by atoms with van der Waals surface area (Å²) in [7, 11) is 1.00. The molecular weight excluding hydrogens is 220 g/mol. The lowest BCUT2D eigenvalue weighted by molar-refractivity contribution is -0.191. The fraction of sp³-hybridized carbons (Fsp3) is 0.923. The number of aliphatic hydroxyl groups is 1. The van der Waals surface area contributed by atoms with E-state index in [0.29, 0.717) is 5.92 Å². The van der Waals surface area contributed by atoms with Gasteiger partial charge in [-0.25, -0.2) is 0 Å². The molecule has 17 heavy (non-hydrogen) atoms. The van der Waals surface area contributed by atoms with E-state index in [-0.39, 0.29) is 17.9 Å². The zero-order chi connectivity index (χ0) is 12.9. The molecule has 0 bridgehead atoms. The maximum atomic E-state index is 10.9. The first-order chi connectivity index (χ1) is 8.12. The second kappa shape index (κ2) is 6.36. The first-order valence-corrected chi connectivity index (χ1v) is 6.42.